The highest BCUT2D eigenvalue weighted by molar-refractivity contribution is 6.05. The third-order valence-corrected chi connectivity index (χ3v) is 6.19. The summed E-state index contributed by atoms with van der Waals surface area (Å²) < 4.78 is 1.81. The number of nitrogens with one attached hydrogen (secondary N) is 3. The Morgan fingerprint density at radius 1 is 1.09 bits per heavy atom. The summed E-state index contributed by atoms with van der Waals surface area (Å²) in [6, 6.07) is 14.7. The van der Waals surface area contributed by atoms with Crippen LogP contribution in [-0.4, -0.2) is 33.0 Å². The van der Waals surface area contributed by atoms with Crippen LogP contribution in [0, 0.1) is 0 Å². The number of urea groups is 1. The van der Waals surface area contributed by atoms with Crippen LogP contribution in [0.15, 0.2) is 67.1 Å². The van der Waals surface area contributed by atoms with Crippen molar-refractivity contribution in [3.63, 3.8) is 0 Å². The summed E-state index contributed by atoms with van der Waals surface area (Å²) >= 11 is 0. The predicted molar refractivity (Wildman–Crippen MR) is 136 cm³/mol. The summed E-state index contributed by atoms with van der Waals surface area (Å²) in [5, 5.41) is 18.8. The number of fused-ring (bicyclic) bond motifs is 1. The molecule has 2 aromatic heterocycles. The topological polar surface area (TPSA) is 108 Å². The molecule has 1 saturated carbocycles. The van der Waals surface area contributed by atoms with Gasteiger partial charge in [-0.3, -0.25) is 4.79 Å². The highest BCUT2D eigenvalue weighted by Gasteiger charge is 2.23. The summed E-state index contributed by atoms with van der Waals surface area (Å²) in [5.74, 6) is 0.396. The number of pyridine rings is 1. The molecule has 2 heterocycles. The van der Waals surface area contributed by atoms with Gasteiger partial charge in [0, 0.05) is 47.5 Å². The lowest BCUT2D eigenvalue weighted by atomic mass is 9.99. The van der Waals surface area contributed by atoms with E-state index < -0.39 is 0 Å². The van der Waals surface area contributed by atoms with Crippen molar-refractivity contribution in [3.05, 3.63) is 83.8 Å². The smallest absolute Gasteiger partial charge is 0.319 e. The molecule has 0 atom stereocenters. The van der Waals surface area contributed by atoms with Crippen LogP contribution in [-0.2, 0) is 6.61 Å². The quantitative estimate of drug-likeness (QED) is 0.313. The van der Waals surface area contributed by atoms with Crippen LogP contribution in [0.2, 0.25) is 0 Å². The molecule has 1 aliphatic rings. The number of aromatic nitrogens is 2. The SMILES string of the molecule is CCNC(=O)Nc1cc(-c2cccc(NC(=O)c3ccc(C4CC4)cc3)c2CO)cn2ccnc12. The van der Waals surface area contributed by atoms with Crippen molar-refractivity contribution in [2.75, 3.05) is 17.2 Å². The lowest BCUT2D eigenvalue weighted by Gasteiger charge is -2.16. The number of aliphatic hydroxyl groups is 1. The van der Waals surface area contributed by atoms with Crippen molar-refractivity contribution in [3.8, 4) is 11.1 Å². The summed E-state index contributed by atoms with van der Waals surface area (Å²) in [7, 11) is 0. The Bertz CT molecular complexity index is 1390. The summed E-state index contributed by atoms with van der Waals surface area (Å²) in [6.45, 7) is 2.07. The molecule has 8 nitrogen and oxygen atoms in total. The minimum Gasteiger partial charge on any atom is -0.392 e. The molecule has 0 aliphatic heterocycles. The van der Waals surface area contributed by atoms with Gasteiger partial charge in [0.2, 0.25) is 0 Å². The zero-order chi connectivity index (χ0) is 24.4. The number of anilines is 2. The minimum atomic E-state index is -0.328. The number of benzene rings is 2. The molecule has 4 N–H and O–H groups in total. The van der Waals surface area contributed by atoms with E-state index in [1.54, 1.807) is 18.5 Å². The lowest BCUT2D eigenvalue weighted by Crippen LogP contribution is -2.28. The van der Waals surface area contributed by atoms with Gasteiger partial charge in [-0.2, -0.15) is 0 Å². The molecular formula is C27H27N5O3. The van der Waals surface area contributed by atoms with Crippen molar-refractivity contribution in [2.24, 2.45) is 0 Å². The number of nitrogens with zero attached hydrogens (tertiary/aromatic N) is 2. The Hall–Kier alpha value is -4.17. The molecular weight excluding hydrogens is 442 g/mol. The van der Waals surface area contributed by atoms with Gasteiger partial charge >= 0.3 is 6.03 Å². The highest BCUT2D eigenvalue weighted by atomic mass is 16.3. The zero-order valence-corrected chi connectivity index (χ0v) is 19.4. The maximum absolute atomic E-state index is 12.9. The third kappa shape index (κ3) is 4.74. The molecule has 4 aromatic rings. The first kappa shape index (κ1) is 22.6. The van der Waals surface area contributed by atoms with E-state index in [2.05, 4.69) is 20.9 Å². The van der Waals surface area contributed by atoms with Crippen molar-refractivity contribution in [2.45, 2.75) is 32.3 Å². The van der Waals surface area contributed by atoms with Crippen LogP contribution in [0.1, 0.15) is 47.2 Å². The molecule has 5 rings (SSSR count). The molecule has 178 valence electrons. The van der Waals surface area contributed by atoms with Crippen LogP contribution >= 0.6 is 0 Å². The Kier molecular flexibility index (Phi) is 6.20. The van der Waals surface area contributed by atoms with Gasteiger partial charge in [0.1, 0.15) is 0 Å². The molecule has 0 radical (unpaired) electrons. The predicted octanol–water partition coefficient (Wildman–Crippen LogP) is 4.76. The number of amides is 3. The number of rotatable bonds is 7. The molecule has 1 aliphatic carbocycles. The van der Waals surface area contributed by atoms with Gasteiger partial charge in [0.25, 0.3) is 5.91 Å². The Morgan fingerprint density at radius 3 is 2.60 bits per heavy atom. The first-order valence-electron chi connectivity index (χ1n) is 11.7. The van der Waals surface area contributed by atoms with Gasteiger partial charge in [0.15, 0.2) is 5.65 Å². The Morgan fingerprint density at radius 2 is 1.89 bits per heavy atom. The van der Waals surface area contributed by atoms with Crippen LogP contribution in [0.25, 0.3) is 16.8 Å². The maximum atomic E-state index is 12.9. The zero-order valence-electron chi connectivity index (χ0n) is 19.4. The van der Waals surface area contributed by atoms with Crippen molar-refractivity contribution in [1.29, 1.82) is 0 Å². The molecule has 0 saturated heterocycles. The fourth-order valence-electron chi connectivity index (χ4n) is 4.26. The van der Waals surface area contributed by atoms with Crippen molar-refractivity contribution in [1.82, 2.24) is 14.7 Å². The van der Waals surface area contributed by atoms with Crippen LogP contribution in [0.5, 0.6) is 0 Å². The number of imidazole rings is 1. The van der Waals surface area contributed by atoms with Gasteiger partial charge in [-0.15, -0.1) is 0 Å². The number of hydrogen-bond acceptors (Lipinski definition) is 4. The van der Waals surface area contributed by atoms with Gasteiger partial charge < -0.3 is 25.5 Å². The fourth-order valence-corrected chi connectivity index (χ4v) is 4.26. The summed E-state index contributed by atoms with van der Waals surface area (Å²) in [4.78, 5) is 29.5. The first-order valence-corrected chi connectivity index (χ1v) is 11.7. The molecule has 0 unspecified atom stereocenters. The van der Waals surface area contributed by atoms with E-state index in [0.29, 0.717) is 40.6 Å². The van der Waals surface area contributed by atoms with Gasteiger partial charge in [0.05, 0.1) is 12.3 Å². The molecule has 1 fully saturated rings. The largest absolute Gasteiger partial charge is 0.392 e. The summed E-state index contributed by atoms with van der Waals surface area (Å²) in [6.07, 6.45) is 7.74. The molecule has 3 amide bonds. The van der Waals surface area contributed by atoms with Crippen LogP contribution in [0.4, 0.5) is 16.2 Å². The summed E-state index contributed by atoms with van der Waals surface area (Å²) in [5.41, 5.74) is 5.59. The second-order valence-electron chi connectivity index (χ2n) is 8.63. The maximum Gasteiger partial charge on any atom is 0.319 e. The number of carbonyl (C=O) groups excluding carboxylic acids is 2. The Balaban J connectivity index is 1.47. The molecule has 0 bridgehead atoms. The number of aliphatic hydroxyl groups excluding tert-OH is 1. The fraction of sp³-hybridized carbons (Fsp3) is 0.222. The van der Waals surface area contributed by atoms with E-state index >= 15 is 0 Å². The average molecular weight is 470 g/mol. The van der Waals surface area contributed by atoms with E-state index in [0.717, 1.165) is 11.1 Å². The van der Waals surface area contributed by atoms with Crippen molar-refractivity contribution < 1.29 is 14.7 Å². The van der Waals surface area contributed by atoms with E-state index in [9.17, 15) is 14.7 Å². The first-order chi connectivity index (χ1) is 17.1. The molecule has 2 aromatic carbocycles. The van der Waals surface area contributed by atoms with E-state index in [1.165, 1.54) is 18.4 Å². The highest BCUT2D eigenvalue weighted by Crippen LogP contribution is 2.40. The lowest BCUT2D eigenvalue weighted by molar-refractivity contribution is 0.102. The number of carbonyl (C=O) groups is 2. The second-order valence-corrected chi connectivity index (χ2v) is 8.63. The van der Waals surface area contributed by atoms with E-state index in [1.807, 2.05) is 60.0 Å². The Labute approximate surface area is 203 Å². The minimum absolute atomic E-state index is 0.233. The molecule has 0 spiro atoms. The normalized spacial score (nSPS) is 13.0. The molecule has 8 heteroatoms. The van der Waals surface area contributed by atoms with Gasteiger partial charge in [-0.1, -0.05) is 24.3 Å². The second kappa shape index (κ2) is 9.60. The monoisotopic (exact) mass is 469 g/mol. The average Bonchev–Trinajstić information content (AvgIpc) is 3.61. The van der Waals surface area contributed by atoms with E-state index in [4.69, 9.17) is 0 Å². The van der Waals surface area contributed by atoms with Gasteiger partial charge in [-0.25, -0.2) is 9.78 Å². The molecule has 35 heavy (non-hydrogen) atoms. The van der Waals surface area contributed by atoms with Crippen molar-refractivity contribution >= 4 is 29.0 Å². The number of hydrogen-bond donors (Lipinski definition) is 4. The van der Waals surface area contributed by atoms with Crippen LogP contribution < -0.4 is 16.0 Å². The van der Waals surface area contributed by atoms with Crippen LogP contribution in [0.3, 0.4) is 0 Å². The van der Waals surface area contributed by atoms with Gasteiger partial charge in [-0.05, 0) is 61.1 Å². The standard InChI is InChI=1S/C27H27N5O3/c1-2-28-27(35)31-24-14-20(15-32-13-12-29-25(24)32)21-4-3-5-23(22(21)16-33)30-26(34)19-10-8-18(9-11-19)17-6-7-17/h3-5,8-15,17,33H,2,6-7,16H2,1H3,(H,30,34)(H2,28,31,35). The van der Waals surface area contributed by atoms with E-state index in [-0.39, 0.29) is 18.5 Å². The third-order valence-electron chi connectivity index (χ3n) is 6.19.